The molecule has 3 nitrogen and oxygen atoms in total. The Hall–Kier alpha value is -0.120. The van der Waals surface area contributed by atoms with Crippen molar-refractivity contribution in [3.05, 3.63) is 0 Å². The van der Waals surface area contributed by atoms with Gasteiger partial charge in [0.2, 0.25) is 0 Å². The Kier molecular flexibility index (Phi) is 3.50. The quantitative estimate of drug-likeness (QED) is 0.659. The number of ether oxygens (including phenoxy) is 1. The second-order valence-electron chi connectivity index (χ2n) is 3.49. The van der Waals surface area contributed by atoms with Gasteiger partial charge in [-0.05, 0) is 19.8 Å². The first-order valence-corrected chi connectivity index (χ1v) is 4.67. The average molecular weight is 174 g/mol. The van der Waals surface area contributed by atoms with Gasteiger partial charge in [-0.2, -0.15) is 0 Å². The molecule has 1 fully saturated rings. The summed E-state index contributed by atoms with van der Waals surface area (Å²) in [6, 6.07) is 0. The number of aliphatic hydroxyl groups is 2. The van der Waals surface area contributed by atoms with Gasteiger partial charge in [0.1, 0.15) is 6.10 Å². The fraction of sp³-hybridized carbons (Fsp3) is 1.00. The standard InChI is InChI=1S/C9H18O3/c1-2-12-7-8(10)9(11)5-3-4-6-9/h8,10-11H,2-7H2,1H3. The van der Waals surface area contributed by atoms with Crippen molar-refractivity contribution in [3.8, 4) is 0 Å². The third-order valence-electron chi connectivity index (χ3n) is 2.57. The molecule has 3 heteroatoms. The van der Waals surface area contributed by atoms with Crippen LogP contribution in [0.5, 0.6) is 0 Å². The molecule has 0 aliphatic heterocycles. The molecule has 0 radical (unpaired) electrons. The van der Waals surface area contributed by atoms with Crippen LogP contribution in [0.1, 0.15) is 32.6 Å². The highest BCUT2D eigenvalue weighted by molar-refractivity contribution is 4.90. The van der Waals surface area contributed by atoms with Crippen molar-refractivity contribution in [2.45, 2.75) is 44.3 Å². The first-order valence-electron chi connectivity index (χ1n) is 4.67. The van der Waals surface area contributed by atoms with Crippen molar-refractivity contribution in [3.63, 3.8) is 0 Å². The van der Waals surface area contributed by atoms with Crippen LogP contribution in [-0.2, 0) is 4.74 Å². The van der Waals surface area contributed by atoms with Gasteiger partial charge < -0.3 is 14.9 Å². The Balaban J connectivity index is 2.33. The van der Waals surface area contributed by atoms with Crippen molar-refractivity contribution in [1.82, 2.24) is 0 Å². The molecule has 12 heavy (non-hydrogen) atoms. The lowest BCUT2D eigenvalue weighted by Gasteiger charge is -2.27. The van der Waals surface area contributed by atoms with Crippen LogP contribution in [0.3, 0.4) is 0 Å². The summed E-state index contributed by atoms with van der Waals surface area (Å²) in [5.74, 6) is 0. The second-order valence-corrected chi connectivity index (χ2v) is 3.49. The molecule has 0 aromatic heterocycles. The Bertz CT molecular complexity index is 130. The zero-order chi connectivity index (χ0) is 9.03. The van der Waals surface area contributed by atoms with E-state index in [1.807, 2.05) is 6.92 Å². The topological polar surface area (TPSA) is 49.7 Å². The lowest BCUT2D eigenvalue weighted by Crippen LogP contribution is -2.42. The molecule has 1 aliphatic carbocycles. The maximum Gasteiger partial charge on any atom is 0.106 e. The van der Waals surface area contributed by atoms with Crippen molar-refractivity contribution in [2.24, 2.45) is 0 Å². The van der Waals surface area contributed by atoms with Gasteiger partial charge in [-0.25, -0.2) is 0 Å². The summed E-state index contributed by atoms with van der Waals surface area (Å²) in [6.07, 6.45) is 2.74. The SMILES string of the molecule is CCOCC(O)C1(O)CCCC1. The number of hydrogen-bond acceptors (Lipinski definition) is 3. The monoisotopic (exact) mass is 174 g/mol. The highest BCUT2D eigenvalue weighted by Crippen LogP contribution is 2.32. The molecule has 0 bridgehead atoms. The molecule has 0 aromatic carbocycles. The molecule has 0 amide bonds. The second kappa shape index (κ2) is 4.21. The van der Waals surface area contributed by atoms with E-state index >= 15 is 0 Å². The predicted molar refractivity (Wildman–Crippen MR) is 45.9 cm³/mol. The smallest absolute Gasteiger partial charge is 0.106 e. The maximum absolute atomic E-state index is 9.86. The van der Waals surface area contributed by atoms with Crippen LogP contribution < -0.4 is 0 Å². The minimum Gasteiger partial charge on any atom is -0.388 e. The Labute approximate surface area is 73.4 Å². The van der Waals surface area contributed by atoms with Gasteiger partial charge in [-0.1, -0.05) is 12.8 Å². The molecule has 72 valence electrons. The minimum absolute atomic E-state index is 0.257. The van der Waals surface area contributed by atoms with Crippen molar-refractivity contribution < 1.29 is 14.9 Å². The summed E-state index contributed by atoms with van der Waals surface area (Å²) in [7, 11) is 0. The van der Waals surface area contributed by atoms with E-state index in [4.69, 9.17) is 4.74 Å². The molecule has 2 N–H and O–H groups in total. The summed E-state index contributed by atoms with van der Waals surface area (Å²) >= 11 is 0. The Morgan fingerprint density at radius 2 is 2.00 bits per heavy atom. The molecular weight excluding hydrogens is 156 g/mol. The van der Waals surface area contributed by atoms with Crippen LogP contribution in [0.25, 0.3) is 0 Å². The van der Waals surface area contributed by atoms with Gasteiger partial charge in [-0.15, -0.1) is 0 Å². The maximum atomic E-state index is 9.86. The molecule has 1 aliphatic rings. The number of rotatable bonds is 4. The summed E-state index contributed by atoms with van der Waals surface area (Å²) < 4.78 is 5.06. The minimum atomic E-state index is -0.866. The van der Waals surface area contributed by atoms with E-state index < -0.39 is 11.7 Å². The van der Waals surface area contributed by atoms with Crippen molar-refractivity contribution in [2.75, 3.05) is 13.2 Å². The van der Waals surface area contributed by atoms with Gasteiger partial charge in [0.05, 0.1) is 12.2 Å². The van der Waals surface area contributed by atoms with Crippen LogP contribution in [0, 0.1) is 0 Å². The largest absolute Gasteiger partial charge is 0.388 e. The van der Waals surface area contributed by atoms with Gasteiger partial charge in [0.15, 0.2) is 0 Å². The van der Waals surface area contributed by atoms with Crippen LogP contribution >= 0.6 is 0 Å². The summed E-state index contributed by atoms with van der Waals surface area (Å²) in [6.45, 7) is 2.73. The Morgan fingerprint density at radius 3 is 2.50 bits per heavy atom. The number of hydrogen-bond donors (Lipinski definition) is 2. The van der Waals surface area contributed by atoms with Gasteiger partial charge in [0, 0.05) is 6.61 Å². The fourth-order valence-corrected chi connectivity index (χ4v) is 1.71. The molecule has 0 heterocycles. The van der Waals surface area contributed by atoms with Crippen LogP contribution in [0.4, 0.5) is 0 Å². The molecule has 0 saturated heterocycles. The summed E-state index contributed by atoms with van der Waals surface area (Å²) in [5.41, 5.74) is -0.866. The summed E-state index contributed by atoms with van der Waals surface area (Å²) in [4.78, 5) is 0. The highest BCUT2D eigenvalue weighted by atomic mass is 16.5. The summed E-state index contributed by atoms with van der Waals surface area (Å²) in [5, 5.41) is 19.4. The van der Waals surface area contributed by atoms with Gasteiger partial charge in [-0.3, -0.25) is 0 Å². The van der Waals surface area contributed by atoms with Gasteiger partial charge >= 0.3 is 0 Å². The third kappa shape index (κ3) is 2.19. The van der Waals surface area contributed by atoms with E-state index in [1.54, 1.807) is 0 Å². The number of aliphatic hydroxyl groups excluding tert-OH is 1. The first-order chi connectivity index (χ1) is 5.69. The highest BCUT2D eigenvalue weighted by Gasteiger charge is 2.38. The van der Waals surface area contributed by atoms with E-state index in [1.165, 1.54) is 0 Å². The fourth-order valence-electron chi connectivity index (χ4n) is 1.71. The predicted octanol–water partition coefficient (Wildman–Crippen LogP) is 0.689. The lowest BCUT2D eigenvalue weighted by molar-refractivity contribution is -0.101. The van der Waals surface area contributed by atoms with E-state index in [-0.39, 0.29) is 6.61 Å². The molecule has 0 spiro atoms. The molecule has 1 unspecified atom stereocenters. The molecule has 0 aromatic rings. The molecule has 1 atom stereocenters. The van der Waals surface area contributed by atoms with E-state index in [2.05, 4.69) is 0 Å². The lowest BCUT2D eigenvalue weighted by atomic mass is 9.95. The third-order valence-corrected chi connectivity index (χ3v) is 2.57. The zero-order valence-electron chi connectivity index (χ0n) is 7.62. The molecular formula is C9H18O3. The van der Waals surface area contributed by atoms with E-state index in [0.717, 1.165) is 12.8 Å². The first kappa shape index (κ1) is 9.96. The van der Waals surface area contributed by atoms with Crippen LogP contribution in [0.2, 0.25) is 0 Å². The van der Waals surface area contributed by atoms with Crippen LogP contribution in [-0.4, -0.2) is 35.1 Å². The Morgan fingerprint density at radius 1 is 1.42 bits per heavy atom. The average Bonchev–Trinajstić information content (AvgIpc) is 2.49. The van der Waals surface area contributed by atoms with Crippen LogP contribution in [0.15, 0.2) is 0 Å². The van der Waals surface area contributed by atoms with Crippen molar-refractivity contribution >= 4 is 0 Å². The normalized spacial score (nSPS) is 24.2. The van der Waals surface area contributed by atoms with E-state index in [9.17, 15) is 10.2 Å². The van der Waals surface area contributed by atoms with Gasteiger partial charge in [0.25, 0.3) is 0 Å². The van der Waals surface area contributed by atoms with Crippen molar-refractivity contribution in [1.29, 1.82) is 0 Å². The molecule has 1 rings (SSSR count). The zero-order valence-corrected chi connectivity index (χ0v) is 7.62. The van der Waals surface area contributed by atoms with E-state index in [0.29, 0.717) is 19.4 Å². The molecule has 1 saturated carbocycles.